The number of carbonyl (C=O) groups is 1. The minimum absolute atomic E-state index is 0.0803. The lowest BCUT2D eigenvalue weighted by atomic mass is 9.98. The van der Waals surface area contributed by atoms with E-state index in [0.717, 1.165) is 30.4 Å². The zero-order valence-electron chi connectivity index (χ0n) is 19.4. The first-order valence-corrected chi connectivity index (χ1v) is 12.4. The fourth-order valence-electron chi connectivity index (χ4n) is 4.27. The molecule has 2 unspecified atom stereocenters. The highest BCUT2D eigenvalue weighted by Crippen LogP contribution is 2.35. The van der Waals surface area contributed by atoms with Gasteiger partial charge in [-0.15, -0.1) is 0 Å². The van der Waals surface area contributed by atoms with Gasteiger partial charge in [0.05, 0.1) is 30.5 Å². The fraction of sp³-hybridized carbons (Fsp3) is 0.417. The molecule has 1 aliphatic carbocycles. The van der Waals surface area contributed by atoms with Crippen LogP contribution in [0.4, 0.5) is 5.82 Å². The van der Waals surface area contributed by atoms with Crippen molar-refractivity contribution in [3.8, 4) is 11.5 Å². The molecule has 0 saturated heterocycles. The van der Waals surface area contributed by atoms with E-state index in [1.807, 2.05) is 0 Å². The third-order valence-electron chi connectivity index (χ3n) is 6.07. The predicted molar refractivity (Wildman–Crippen MR) is 135 cm³/mol. The van der Waals surface area contributed by atoms with Crippen LogP contribution in [0.15, 0.2) is 47.5 Å². The summed E-state index contributed by atoms with van der Waals surface area (Å²) in [6.45, 7) is -0.320. The first-order valence-electron chi connectivity index (χ1n) is 11.7. The van der Waals surface area contributed by atoms with E-state index in [0.29, 0.717) is 17.4 Å². The minimum atomic E-state index is -0.964. The van der Waals surface area contributed by atoms with Crippen LogP contribution >= 0.6 is 23.2 Å². The molecule has 2 aromatic heterocycles. The van der Waals surface area contributed by atoms with Gasteiger partial charge in [0.2, 0.25) is 0 Å². The van der Waals surface area contributed by atoms with Gasteiger partial charge in [-0.25, -0.2) is 4.68 Å². The van der Waals surface area contributed by atoms with E-state index in [2.05, 4.69) is 15.5 Å². The molecule has 192 valence electrons. The number of nitrogens with one attached hydrogen (secondary N) is 1. The molecule has 36 heavy (non-hydrogen) atoms. The van der Waals surface area contributed by atoms with Gasteiger partial charge in [0.1, 0.15) is 16.8 Å². The van der Waals surface area contributed by atoms with Gasteiger partial charge in [-0.05, 0) is 24.5 Å². The van der Waals surface area contributed by atoms with Gasteiger partial charge in [0.25, 0.3) is 11.5 Å². The summed E-state index contributed by atoms with van der Waals surface area (Å²) in [5.74, 6) is 0.598. The lowest BCUT2D eigenvalue weighted by Crippen LogP contribution is -2.36. The van der Waals surface area contributed by atoms with E-state index < -0.39 is 30.2 Å². The second-order valence-electron chi connectivity index (χ2n) is 8.78. The summed E-state index contributed by atoms with van der Waals surface area (Å²) in [6.07, 6.45) is 6.59. The summed E-state index contributed by atoms with van der Waals surface area (Å²) in [7, 11) is 0. The molecular weight excluding hydrogens is 509 g/mol. The van der Waals surface area contributed by atoms with Crippen LogP contribution in [0.25, 0.3) is 0 Å². The van der Waals surface area contributed by atoms with Gasteiger partial charge in [0, 0.05) is 18.3 Å². The summed E-state index contributed by atoms with van der Waals surface area (Å²) in [4.78, 5) is 26.3. The number of aliphatic hydroxyl groups excluding tert-OH is 2. The monoisotopic (exact) mass is 535 g/mol. The maximum atomic E-state index is 13.3. The van der Waals surface area contributed by atoms with Crippen LogP contribution in [-0.4, -0.2) is 48.4 Å². The molecule has 3 N–H and O–H groups in total. The van der Waals surface area contributed by atoms with Crippen LogP contribution in [0.5, 0.6) is 11.5 Å². The van der Waals surface area contributed by atoms with E-state index in [-0.39, 0.29) is 28.9 Å². The summed E-state index contributed by atoms with van der Waals surface area (Å²) < 4.78 is 8.27. The Hall–Kier alpha value is -2.92. The van der Waals surface area contributed by atoms with Crippen molar-refractivity contribution in [2.45, 2.75) is 50.8 Å². The molecule has 1 amide bonds. The second kappa shape index (κ2) is 11.9. The second-order valence-corrected chi connectivity index (χ2v) is 9.56. The van der Waals surface area contributed by atoms with Crippen LogP contribution in [0.3, 0.4) is 0 Å². The summed E-state index contributed by atoms with van der Waals surface area (Å²) in [5, 5.41) is 30.3. The van der Waals surface area contributed by atoms with Crippen molar-refractivity contribution in [3.63, 3.8) is 0 Å². The summed E-state index contributed by atoms with van der Waals surface area (Å²) >= 11 is 12.2. The van der Waals surface area contributed by atoms with Crippen molar-refractivity contribution in [2.75, 3.05) is 11.9 Å². The zero-order valence-corrected chi connectivity index (χ0v) is 20.9. The number of nitrogens with zero attached hydrogens (tertiary/aromatic N) is 4. The minimum Gasteiger partial charge on any atom is -0.454 e. The van der Waals surface area contributed by atoms with E-state index in [1.54, 1.807) is 30.5 Å². The molecule has 1 fully saturated rings. The number of hydrogen-bond acceptors (Lipinski definition) is 7. The van der Waals surface area contributed by atoms with E-state index in [1.165, 1.54) is 16.9 Å². The molecule has 2 atom stereocenters. The van der Waals surface area contributed by atoms with Gasteiger partial charge in [-0.3, -0.25) is 14.3 Å². The molecule has 10 nitrogen and oxygen atoms in total. The molecule has 3 aromatic rings. The molecule has 1 aromatic carbocycles. The van der Waals surface area contributed by atoms with Crippen LogP contribution in [0.1, 0.15) is 38.1 Å². The van der Waals surface area contributed by atoms with E-state index >= 15 is 0 Å². The molecule has 4 rings (SSSR count). The SMILES string of the molecule is O=C(Nc1ccn(CC(O)CO)n1)C(CC1CCCC1)n1ncc(Oc2cccc(Cl)c2Cl)cc1=O. The molecule has 0 radical (unpaired) electrons. The predicted octanol–water partition coefficient (Wildman–Crippen LogP) is 3.65. The van der Waals surface area contributed by atoms with Crippen LogP contribution in [0, 0.1) is 5.92 Å². The Labute approximate surface area is 217 Å². The average molecular weight is 536 g/mol. The third kappa shape index (κ3) is 6.44. The van der Waals surface area contributed by atoms with Gasteiger partial charge >= 0.3 is 0 Å². The average Bonchev–Trinajstić information content (AvgIpc) is 3.53. The molecule has 0 bridgehead atoms. The smallest absolute Gasteiger partial charge is 0.271 e. The zero-order chi connectivity index (χ0) is 25.7. The molecule has 0 spiro atoms. The van der Waals surface area contributed by atoms with Gasteiger partial charge in [-0.1, -0.05) is 55.0 Å². The molecule has 1 aliphatic rings. The number of benzene rings is 1. The summed E-state index contributed by atoms with van der Waals surface area (Å²) in [5.41, 5.74) is -0.500. The maximum Gasteiger partial charge on any atom is 0.271 e. The van der Waals surface area contributed by atoms with E-state index in [4.69, 9.17) is 33.0 Å². The van der Waals surface area contributed by atoms with Crippen molar-refractivity contribution in [1.82, 2.24) is 19.6 Å². The number of rotatable bonds is 10. The molecule has 1 saturated carbocycles. The van der Waals surface area contributed by atoms with Crippen LogP contribution in [0.2, 0.25) is 10.0 Å². The maximum absolute atomic E-state index is 13.3. The van der Waals surface area contributed by atoms with Crippen molar-refractivity contribution >= 4 is 34.9 Å². The first kappa shape index (κ1) is 26.2. The number of anilines is 1. The molecule has 0 aliphatic heterocycles. The lowest BCUT2D eigenvalue weighted by Gasteiger charge is -2.21. The van der Waals surface area contributed by atoms with Crippen molar-refractivity contribution < 1.29 is 19.7 Å². The normalized spacial score (nSPS) is 15.6. The number of halogens is 2. The highest BCUT2D eigenvalue weighted by Gasteiger charge is 2.29. The molecular formula is C24H27Cl2N5O5. The number of amides is 1. The Morgan fingerprint density at radius 1 is 1.25 bits per heavy atom. The number of ether oxygens (including phenoxy) is 1. The third-order valence-corrected chi connectivity index (χ3v) is 6.88. The highest BCUT2D eigenvalue weighted by atomic mass is 35.5. The standard InChI is InChI=1S/C24H27Cl2N5O5/c25-18-6-3-7-20(23(18)26)36-17-11-22(34)31(27-12-17)19(10-15-4-1-2-5-15)24(35)28-21-8-9-30(29-21)13-16(33)14-32/h3,6-9,11-12,15-16,19,32-33H,1-2,4-5,10,13-14H2,(H,28,29,35). The van der Waals surface area contributed by atoms with Gasteiger partial charge in [0.15, 0.2) is 11.6 Å². The van der Waals surface area contributed by atoms with Gasteiger partial charge in [-0.2, -0.15) is 10.2 Å². The highest BCUT2D eigenvalue weighted by molar-refractivity contribution is 6.42. The van der Waals surface area contributed by atoms with Crippen molar-refractivity contribution in [1.29, 1.82) is 0 Å². The van der Waals surface area contributed by atoms with Crippen molar-refractivity contribution in [2.24, 2.45) is 5.92 Å². The summed E-state index contributed by atoms with van der Waals surface area (Å²) in [6, 6.07) is 6.90. The van der Waals surface area contributed by atoms with E-state index in [9.17, 15) is 14.7 Å². The van der Waals surface area contributed by atoms with Crippen molar-refractivity contribution in [3.05, 3.63) is 63.1 Å². The Bertz CT molecular complexity index is 1260. The quantitative estimate of drug-likeness (QED) is 0.361. The Kier molecular flexibility index (Phi) is 8.63. The number of aliphatic hydroxyl groups is 2. The first-order chi connectivity index (χ1) is 17.3. The van der Waals surface area contributed by atoms with Gasteiger partial charge < -0.3 is 20.3 Å². The largest absolute Gasteiger partial charge is 0.454 e. The Balaban J connectivity index is 1.54. The molecule has 12 heteroatoms. The number of aromatic nitrogens is 4. The topological polar surface area (TPSA) is 132 Å². The van der Waals surface area contributed by atoms with Crippen LogP contribution in [-0.2, 0) is 11.3 Å². The molecule has 2 heterocycles. The fourth-order valence-corrected chi connectivity index (χ4v) is 4.60. The number of carbonyl (C=O) groups excluding carboxylic acids is 1. The Morgan fingerprint density at radius 3 is 2.75 bits per heavy atom. The van der Waals surface area contributed by atoms with Crippen LogP contribution < -0.4 is 15.6 Å². The lowest BCUT2D eigenvalue weighted by molar-refractivity contribution is -0.120. The Morgan fingerprint density at radius 2 is 2.03 bits per heavy atom. The number of hydrogen-bond donors (Lipinski definition) is 3.